The number of halogens is 1. The van der Waals surface area contributed by atoms with Crippen molar-refractivity contribution in [2.75, 3.05) is 39.3 Å². The maximum Gasteiger partial charge on any atom is 0.120 e. The molecule has 4 nitrogen and oxygen atoms in total. The van der Waals surface area contributed by atoms with Gasteiger partial charge in [0.05, 0.1) is 12.7 Å². The Bertz CT molecular complexity index is 668. The molecule has 1 heterocycles. The minimum absolute atomic E-state index is 0.216. The Balaban J connectivity index is 1.36. The second-order valence-corrected chi connectivity index (χ2v) is 11.1. The minimum atomic E-state index is 0.216. The molecule has 2 aliphatic rings. The van der Waals surface area contributed by atoms with Gasteiger partial charge in [-0.2, -0.15) is 0 Å². The van der Waals surface area contributed by atoms with Gasteiger partial charge in [-0.05, 0) is 127 Å². The molecule has 1 aliphatic carbocycles. The smallest absolute Gasteiger partial charge is 0.120 e. The van der Waals surface area contributed by atoms with Crippen LogP contribution in [0.5, 0.6) is 5.75 Å². The lowest BCUT2D eigenvalue weighted by Gasteiger charge is -2.37. The SMILES string of the molecule is CCN(CCO)[C@H]1CC[C@H](CCN2CCC(Cc3cc(OC(C)C)ccc3Br)CC2)CC1. The molecule has 0 atom stereocenters. The van der Waals surface area contributed by atoms with Gasteiger partial charge in [0, 0.05) is 17.1 Å². The van der Waals surface area contributed by atoms with Gasteiger partial charge in [-0.25, -0.2) is 0 Å². The average molecular weight is 510 g/mol. The van der Waals surface area contributed by atoms with E-state index in [9.17, 15) is 5.11 Å². The van der Waals surface area contributed by atoms with E-state index in [1.165, 1.54) is 74.6 Å². The highest BCUT2D eigenvalue weighted by Gasteiger charge is 2.26. The molecule has 0 spiro atoms. The first-order valence-electron chi connectivity index (χ1n) is 13.0. The molecular formula is C27H45BrN2O2. The lowest BCUT2D eigenvalue weighted by atomic mass is 9.83. The summed E-state index contributed by atoms with van der Waals surface area (Å²) < 4.78 is 7.12. The van der Waals surface area contributed by atoms with E-state index in [0.29, 0.717) is 6.04 Å². The molecule has 1 aliphatic heterocycles. The largest absolute Gasteiger partial charge is 0.491 e. The average Bonchev–Trinajstić information content (AvgIpc) is 2.79. The fraction of sp³-hybridized carbons (Fsp3) is 0.778. The molecule has 3 rings (SSSR count). The Hall–Kier alpha value is -0.620. The van der Waals surface area contributed by atoms with Crippen LogP contribution in [-0.4, -0.2) is 66.4 Å². The van der Waals surface area contributed by atoms with Gasteiger partial charge in [0.15, 0.2) is 0 Å². The van der Waals surface area contributed by atoms with Crippen LogP contribution in [0.25, 0.3) is 0 Å². The summed E-state index contributed by atoms with van der Waals surface area (Å²) in [7, 11) is 0. The summed E-state index contributed by atoms with van der Waals surface area (Å²) in [6.07, 6.45) is 10.7. The number of ether oxygens (including phenoxy) is 1. The number of nitrogens with zero attached hydrogens (tertiary/aromatic N) is 2. The van der Waals surface area contributed by atoms with E-state index >= 15 is 0 Å². The number of hydrogen-bond acceptors (Lipinski definition) is 4. The van der Waals surface area contributed by atoms with Gasteiger partial charge < -0.3 is 14.7 Å². The molecule has 1 saturated heterocycles. The first-order chi connectivity index (χ1) is 15.5. The lowest BCUT2D eigenvalue weighted by molar-refractivity contribution is 0.108. The number of benzene rings is 1. The van der Waals surface area contributed by atoms with Crippen LogP contribution in [-0.2, 0) is 6.42 Å². The lowest BCUT2D eigenvalue weighted by Crippen LogP contribution is -2.40. The molecule has 32 heavy (non-hydrogen) atoms. The van der Waals surface area contributed by atoms with Crippen molar-refractivity contribution in [3.63, 3.8) is 0 Å². The zero-order valence-corrected chi connectivity index (χ0v) is 22.2. The maximum atomic E-state index is 9.28. The third-order valence-corrected chi connectivity index (χ3v) is 8.36. The quantitative estimate of drug-likeness (QED) is 0.412. The molecule has 1 N–H and O–H groups in total. The second-order valence-electron chi connectivity index (χ2n) is 10.2. The van der Waals surface area contributed by atoms with E-state index in [0.717, 1.165) is 37.1 Å². The van der Waals surface area contributed by atoms with E-state index in [-0.39, 0.29) is 12.7 Å². The molecular weight excluding hydrogens is 464 g/mol. The van der Waals surface area contributed by atoms with Gasteiger partial charge in [-0.1, -0.05) is 22.9 Å². The van der Waals surface area contributed by atoms with E-state index in [4.69, 9.17) is 4.74 Å². The van der Waals surface area contributed by atoms with Crippen LogP contribution in [0, 0.1) is 11.8 Å². The zero-order valence-electron chi connectivity index (χ0n) is 20.6. The van der Waals surface area contributed by atoms with Crippen molar-refractivity contribution in [3.05, 3.63) is 28.2 Å². The van der Waals surface area contributed by atoms with Gasteiger partial charge in [-0.15, -0.1) is 0 Å². The van der Waals surface area contributed by atoms with Crippen molar-refractivity contribution in [1.82, 2.24) is 9.80 Å². The van der Waals surface area contributed by atoms with E-state index in [2.05, 4.69) is 64.7 Å². The summed E-state index contributed by atoms with van der Waals surface area (Å²) in [4.78, 5) is 5.18. The second kappa shape index (κ2) is 13.3. The van der Waals surface area contributed by atoms with Crippen molar-refractivity contribution in [2.24, 2.45) is 11.8 Å². The molecule has 0 unspecified atom stereocenters. The van der Waals surface area contributed by atoms with Crippen LogP contribution in [0.4, 0.5) is 0 Å². The number of piperidine rings is 1. The predicted octanol–water partition coefficient (Wildman–Crippen LogP) is 5.75. The topological polar surface area (TPSA) is 35.9 Å². The van der Waals surface area contributed by atoms with Crippen molar-refractivity contribution >= 4 is 15.9 Å². The van der Waals surface area contributed by atoms with Crippen molar-refractivity contribution in [1.29, 1.82) is 0 Å². The first kappa shape index (κ1) is 26.0. The molecule has 1 saturated carbocycles. The van der Waals surface area contributed by atoms with E-state index < -0.39 is 0 Å². The molecule has 0 amide bonds. The number of aliphatic hydroxyl groups excluding tert-OH is 1. The Morgan fingerprint density at radius 3 is 2.44 bits per heavy atom. The van der Waals surface area contributed by atoms with Crippen molar-refractivity contribution in [3.8, 4) is 5.75 Å². The van der Waals surface area contributed by atoms with Crippen molar-refractivity contribution < 1.29 is 9.84 Å². The fourth-order valence-electron chi connectivity index (χ4n) is 5.67. The number of aliphatic hydroxyl groups is 1. The summed E-state index contributed by atoms with van der Waals surface area (Å²) in [6, 6.07) is 7.13. The summed E-state index contributed by atoms with van der Waals surface area (Å²) in [6.45, 7) is 12.4. The Morgan fingerprint density at radius 1 is 1.09 bits per heavy atom. The van der Waals surface area contributed by atoms with Gasteiger partial charge in [0.1, 0.15) is 5.75 Å². The van der Waals surface area contributed by atoms with Gasteiger partial charge in [0.25, 0.3) is 0 Å². The van der Waals surface area contributed by atoms with Crippen LogP contribution in [0.3, 0.4) is 0 Å². The molecule has 2 fully saturated rings. The molecule has 0 radical (unpaired) electrons. The molecule has 5 heteroatoms. The van der Waals surface area contributed by atoms with E-state index in [1.807, 2.05) is 0 Å². The highest BCUT2D eigenvalue weighted by atomic mass is 79.9. The summed E-state index contributed by atoms with van der Waals surface area (Å²) in [5.74, 6) is 2.67. The molecule has 1 aromatic carbocycles. The highest BCUT2D eigenvalue weighted by Crippen LogP contribution is 2.32. The van der Waals surface area contributed by atoms with Crippen LogP contribution >= 0.6 is 15.9 Å². The van der Waals surface area contributed by atoms with Crippen LogP contribution in [0.15, 0.2) is 22.7 Å². The molecule has 0 aromatic heterocycles. The fourth-order valence-corrected chi connectivity index (χ4v) is 6.08. The third-order valence-electron chi connectivity index (χ3n) is 7.58. The van der Waals surface area contributed by atoms with Crippen LogP contribution in [0.1, 0.15) is 71.3 Å². The first-order valence-corrected chi connectivity index (χ1v) is 13.8. The molecule has 0 bridgehead atoms. The molecule has 1 aromatic rings. The van der Waals surface area contributed by atoms with Gasteiger partial charge in [0.2, 0.25) is 0 Å². The normalized spacial score (nSPS) is 23.2. The van der Waals surface area contributed by atoms with Crippen LogP contribution < -0.4 is 4.74 Å². The number of hydrogen-bond donors (Lipinski definition) is 1. The van der Waals surface area contributed by atoms with Gasteiger partial charge >= 0.3 is 0 Å². The predicted molar refractivity (Wildman–Crippen MR) is 137 cm³/mol. The van der Waals surface area contributed by atoms with Gasteiger partial charge in [-0.3, -0.25) is 4.90 Å². The monoisotopic (exact) mass is 508 g/mol. The summed E-state index contributed by atoms with van der Waals surface area (Å²) in [5.41, 5.74) is 1.39. The van der Waals surface area contributed by atoms with E-state index in [1.54, 1.807) is 0 Å². The maximum absolute atomic E-state index is 9.28. The third kappa shape index (κ3) is 8.00. The highest BCUT2D eigenvalue weighted by molar-refractivity contribution is 9.10. The van der Waals surface area contributed by atoms with Crippen molar-refractivity contribution in [2.45, 2.75) is 84.3 Å². The summed E-state index contributed by atoms with van der Waals surface area (Å²) >= 11 is 3.75. The number of likely N-dealkylation sites (N-methyl/N-ethyl adjacent to an activating group) is 1. The number of likely N-dealkylation sites (tertiary alicyclic amines) is 1. The Kier molecular flexibility index (Phi) is 10.8. The summed E-state index contributed by atoms with van der Waals surface area (Å²) in [5, 5.41) is 9.28. The Labute approximate surface area is 204 Å². The zero-order chi connectivity index (χ0) is 22.9. The molecule has 182 valence electrons. The Morgan fingerprint density at radius 2 is 1.81 bits per heavy atom. The van der Waals surface area contributed by atoms with Crippen LogP contribution in [0.2, 0.25) is 0 Å². The standard InChI is InChI=1S/C27H45BrN2O2/c1-4-30(17-18-31)25-7-5-22(6-8-25)11-14-29-15-12-23(13-16-29)19-24-20-26(32-21(2)3)9-10-27(24)28/h9-10,20-23,25,31H,4-8,11-19H2,1-3H3/t22-,25-. The minimum Gasteiger partial charge on any atom is -0.491 e. The number of rotatable bonds is 11.